The number of hydrogen-bond donors (Lipinski definition) is 2. The van der Waals surface area contributed by atoms with Gasteiger partial charge in [-0.1, -0.05) is 0 Å². The van der Waals surface area contributed by atoms with Crippen LogP contribution in [-0.4, -0.2) is 16.8 Å². The van der Waals surface area contributed by atoms with Crippen LogP contribution in [0.15, 0.2) is 29.8 Å². The van der Waals surface area contributed by atoms with Gasteiger partial charge in [-0.3, -0.25) is 14.9 Å². The van der Waals surface area contributed by atoms with E-state index < -0.39 is 17.6 Å². The Balaban J connectivity index is 2.21. The van der Waals surface area contributed by atoms with Crippen LogP contribution >= 0.6 is 11.3 Å². The summed E-state index contributed by atoms with van der Waals surface area (Å²) in [6.45, 7) is 0. The van der Waals surface area contributed by atoms with Gasteiger partial charge in [-0.05, 0) is 18.2 Å². The zero-order valence-electron chi connectivity index (χ0n) is 9.01. The molecule has 1 aromatic carbocycles. The number of nitrogens with one attached hydrogen (secondary N) is 1. The number of nitrogens with two attached hydrogens (primary N) is 1. The molecule has 0 bridgehead atoms. The average Bonchev–Trinajstić information content (AvgIpc) is 2.81. The maximum Gasteiger partial charge on any atom is 0.257 e. The van der Waals surface area contributed by atoms with Gasteiger partial charge in [-0.25, -0.2) is 9.37 Å². The number of hydrogen-bond acceptors (Lipinski definition) is 4. The molecule has 0 fully saturated rings. The van der Waals surface area contributed by atoms with Gasteiger partial charge in [0.1, 0.15) is 5.82 Å². The van der Waals surface area contributed by atoms with Crippen LogP contribution < -0.4 is 11.1 Å². The van der Waals surface area contributed by atoms with Crippen molar-refractivity contribution in [2.45, 2.75) is 0 Å². The maximum atomic E-state index is 13.4. The molecule has 7 heteroatoms. The molecule has 92 valence electrons. The molecule has 5 nitrogen and oxygen atoms in total. The lowest BCUT2D eigenvalue weighted by molar-refractivity contribution is 0.0991. The molecule has 0 aliphatic heterocycles. The second-order valence-electron chi connectivity index (χ2n) is 3.35. The van der Waals surface area contributed by atoms with Crippen molar-refractivity contribution in [2.24, 2.45) is 5.73 Å². The van der Waals surface area contributed by atoms with Gasteiger partial charge in [0.15, 0.2) is 5.13 Å². The molecule has 1 heterocycles. The molecule has 0 saturated carbocycles. The molecule has 0 aliphatic carbocycles. The maximum absolute atomic E-state index is 13.4. The molecule has 0 atom stereocenters. The summed E-state index contributed by atoms with van der Waals surface area (Å²) in [5.74, 6) is -2.20. The van der Waals surface area contributed by atoms with Gasteiger partial charge in [-0.2, -0.15) is 0 Å². The van der Waals surface area contributed by atoms with Crippen LogP contribution in [0.3, 0.4) is 0 Å². The van der Waals surface area contributed by atoms with Gasteiger partial charge in [0.2, 0.25) is 0 Å². The highest BCUT2D eigenvalue weighted by Gasteiger charge is 2.13. The lowest BCUT2D eigenvalue weighted by Crippen LogP contribution is -2.16. The summed E-state index contributed by atoms with van der Waals surface area (Å²) in [7, 11) is 0. The fourth-order valence-electron chi connectivity index (χ4n) is 1.31. The van der Waals surface area contributed by atoms with Crippen LogP contribution in [0.4, 0.5) is 9.52 Å². The normalized spacial score (nSPS) is 10.1. The number of thiazole rings is 1. The number of carbonyl (C=O) groups is 2. The van der Waals surface area contributed by atoms with Crippen molar-refractivity contribution in [1.29, 1.82) is 0 Å². The summed E-state index contributed by atoms with van der Waals surface area (Å²) in [5.41, 5.74) is 4.80. The first-order chi connectivity index (χ1) is 8.58. The summed E-state index contributed by atoms with van der Waals surface area (Å²) in [6, 6.07) is 3.46. The van der Waals surface area contributed by atoms with Crippen LogP contribution in [0.2, 0.25) is 0 Å². The van der Waals surface area contributed by atoms with E-state index in [0.29, 0.717) is 5.13 Å². The highest BCUT2D eigenvalue weighted by Crippen LogP contribution is 2.14. The first kappa shape index (κ1) is 12.2. The number of carbonyl (C=O) groups excluding carboxylic acids is 2. The first-order valence-corrected chi connectivity index (χ1v) is 5.76. The Kier molecular flexibility index (Phi) is 3.33. The molecule has 2 amide bonds. The fourth-order valence-corrected chi connectivity index (χ4v) is 1.83. The molecule has 0 saturated heterocycles. The van der Waals surface area contributed by atoms with Crippen LogP contribution in [0.25, 0.3) is 0 Å². The lowest BCUT2D eigenvalue weighted by atomic mass is 10.1. The number of halogens is 1. The second kappa shape index (κ2) is 4.92. The van der Waals surface area contributed by atoms with Gasteiger partial charge in [-0.15, -0.1) is 11.3 Å². The predicted octanol–water partition coefficient (Wildman–Crippen LogP) is 1.63. The Morgan fingerprint density at radius 3 is 2.72 bits per heavy atom. The van der Waals surface area contributed by atoms with Gasteiger partial charge < -0.3 is 5.73 Å². The second-order valence-corrected chi connectivity index (χ2v) is 4.24. The molecule has 2 rings (SSSR count). The molecular formula is C11H8FN3O2S. The van der Waals surface area contributed by atoms with E-state index in [9.17, 15) is 14.0 Å². The van der Waals surface area contributed by atoms with Gasteiger partial charge in [0.25, 0.3) is 11.8 Å². The highest BCUT2D eigenvalue weighted by molar-refractivity contribution is 7.13. The predicted molar refractivity (Wildman–Crippen MR) is 65.0 cm³/mol. The van der Waals surface area contributed by atoms with Gasteiger partial charge >= 0.3 is 0 Å². The summed E-state index contributed by atoms with van der Waals surface area (Å²) < 4.78 is 13.4. The number of benzene rings is 1. The summed E-state index contributed by atoms with van der Waals surface area (Å²) in [5, 5.41) is 4.62. The third-order valence-electron chi connectivity index (χ3n) is 2.15. The standard InChI is InChI=1S/C11H8FN3O2S/c12-8-5-6(1-2-7(8)9(13)16)10(17)15-11-14-3-4-18-11/h1-5H,(H2,13,16)(H,14,15,17). The van der Waals surface area contributed by atoms with E-state index in [1.807, 2.05) is 0 Å². The fraction of sp³-hybridized carbons (Fsp3) is 0. The molecule has 2 aromatic rings. The monoisotopic (exact) mass is 265 g/mol. The third-order valence-corrected chi connectivity index (χ3v) is 2.84. The van der Waals surface area contributed by atoms with E-state index >= 15 is 0 Å². The lowest BCUT2D eigenvalue weighted by Gasteiger charge is -2.03. The molecule has 0 unspecified atom stereocenters. The quantitative estimate of drug-likeness (QED) is 0.884. The van der Waals surface area contributed by atoms with Gasteiger partial charge in [0, 0.05) is 17.1 Å². The zero-order chi connectivity index (χ0) is 13.1. The van der Waals surface area contributed by atoms with E-state index in [-0.39, 0.29) is 11.1 Å². The van der Waals surface area contributed by atoms with Crippen molar-refractivity contribution in [3.05, 3.63) is 46.7 Å². The van der Waals surface area contributed by atoms with Crippen LogP contribution in [0.1, 0.15) is 20.7 Å². The van der Waals surface area contributed by atoms with E-state index in [1.165, 1.54) is 29.7 Å². The minimum Gasteiger partial charge on any atom is -0.366 e. The van der Waals surface area contributed by atoms with E-state index in [4.69, 9.17) is 5.73 Å². The molecule has 3 N–H and O–H groups in total. The number of nitrogens with zero attached hydrogens (tertiary/aromatic N) is 1. The van der Waals surface area contributed by atoms with Crippen molar-refractivity contribution < 1.29 is 14.0 Å². The summed E-state index contributed by atoms with van der Waals surface area (Å²) >= 11 is 1.25. The summed E-state index contributed by atoms with van der Waals surface area (Å²) in [4.78, 5) is 26.4. The average molecular weight is 265 g/mol. The van der Waals surface area contributed by atoms with Crippen molar-refractivity contribution in [1.82, 2.24) is 4.98 Å². The Morgan fingerprint density at radius 2 is 2.17 bits per heavy atom. The first-order valence-electron chi connectivity index (χ1n) is 4.88. The Morgan fingerprint density at radius 1 is 1.39 bits per heavy atom. The van der Waals surface area contributed by atoms with Crippen LogP contribution in [-0.2, 0) is 0 Å². The molecule has 0 radical (unpaired) electrons. The smallest absolute Gasteiger partial charge is 0.257 e. The number of primary amides is 1. The van der Waals surface area contributed by atoms with E-state index in [2.05, 4.69) is 10.3 Å². The topological polar surface area (TPSA) is 85.1 Å². The highest BCUT2D eigenvalue weighted by atomic mass is 32.1. The molecule has 1 aromatic heterocycles. The Hall–Kier alpha value is -2.28. The van der Waals surface area contributed by atoms with Crippen LogP contribution in [0.5, 0.6) is 0 Å². The van der Waals surface area contributed by atoms with Crippen LogP contribution in [0, 0.1) is 5.82 Å². The minimum absolute atomic E-state index is 0.0905. The number of aromatic nitrogens is 1. The van der Waals surface area contributed by atoms with E-state index in [1.54, 1.807) is 5.38 Å². The number of anilines is 1. The van der Waals surface area contributed by atoms with Crippen molar-refractivity contribution >= 4 is 28.3 Å². The van der Waals surface area contributed by atoms with Crippen molar-refractivity contribution in [3.63, 3.8) is 0 Å². The largest absolute Gasteiger partial charge is 0.366 e. The number of amides is 2. The number of rotatable bonds is 3. The third kappa shape index (κ3) is 2.51. The summed E-state index contributed by atoms with van der Waals surface area (Å²) in [6.07, 6.45) is 1.54. The molecular weight excluding hydrogens is 257 g/mol. The Labute approximate surface area is 105 Å². The van der Waals surface area contributed by atoms with Crippen molar-refractivity contribution in [2.75, 3.05) is 5.32 Å². The molecule has 0 aliphatic rings. The Bertz CT molecular complexity index is 598. The van der Waals surface area contributed by atoms with E-state index in [0.717, 1.165) is 6.07 Å². The zero-order valence-corrected chi connectivity index (χ0v) is 9.83. The van der Waals surface area contributed by atoms with Gasteiger partial charge in [0.05, 0.1) is 5.56 Å². The van der Waals surface area contributed by atoms with Crippen molar-refractivity contribution in [3.8, 4) is 0 Å². The molecule has 0 spiro atoms. The molecule has 18 heavy (non-hydrogen) atoms. The minimum atomic E-state index is -0.876. The SMILES string of the molecule is NC(=O)c1ccc(C(=O)Nc2nccs2)cc1F.